The van der Waals surface area contributed by atoms with E-state index in [9.17, 15) is 4.79 Å². The number of rotatable bonds is 6. The topological polar surface area (TPSA) is 45.2 Å². The number of amides is 1. The maximum atomic E-state index is 12.4. The summed E-state index contributed by atoms with van der Waals surface area (Å²) in [5.74, 6) is 0.855. The van der Waals surface area contributed by atoms with Crippen LogP contribution in [0.25, 0.3) is 10.6 Å². The highest BCUT2D eigenvalue weighted by atomic mass is 32.1. The molecule has 0 aliphatic carbocycles. The summed E-state index contributed by atoms with van der Waals surface area (Å²) in [5, 5.41) is 6.42. The molecule has 1 aromatic heterocycles. The zero-order chi connectivity index (χ0) is 19.4. The standard InChI is InChI=1S/C22H31N3OS/c1-15(2)17(4)23-21(26)18-9-11-25(12-10-18)13-20-14-27-22(24-20)19-7-5-16(3)6-8-19/h5-8,14-15,17-18H,9-13H2,1-4H3,(H,23,26). The second-order valence-corrected chi connectivity index (χ2v) is 8.96. The van der Waals surface area contributed by atoms with Crippen LogP contribution in [0, 0.1) is 18.8 Å². The Hall–Kier alpha value is -1.72. The average Bonchev–Trinajstić information content (AvgIpc) is 3.11. The predicted molar refractivity (Wildman–Crippen MR) is 113 cm³/mol. The summed E-state index contributed by atoms with van der Waals surface area (Å²) in [5.41, 5.74) is 3.59. The van der Waals surface area contributed by atoms with E-state index in [0.717, 1.165) is 43.2 Å². The Morgan fingerprint density at radius 3 is 2.52 bits per heavy atom. The van der Waals surface area contributed by atoms with E-state index >= 15 is 0 Å². The van der Waals surface area contributed by atoms with Gasteiger partial charge in [-0.1, -0.05) is 43.7 Å². The van der Waals surface area contributed by atoms with E-state index in [1.165, 1.54) is 11.1 Å². The SMILES string of the molecule is Cc1ccc(-c2nc(CN3CCC(C(=O)NC(C)C(C)C)CC3)cs2)cc1. The monoisotopic (exact) mass is 385 g/mol. The number of nitrogens with zero attached hydrogens (tertiary/aromatic N) is 2. The van der Waals surface area contributed by atoms with Gasteiger partial charge in [0.05, 0.1) is 5.69 Å². The van der Waals surface area contributed by atoms with E-state index in [2.05, 4.69) is 67.6 Å². The fourth-order valence-corrected chi connectivity index (χ4v) is 4.12. The Kier molecular flexibility index (Phi) is 6.66. The number of hydrogen-bond donors (Lipinski definition) is 1. The molecular weight excluding hydrogens is 354 g/mol. The van der Waals surface area contributed by atoms with E-state index in [-0.39, 0.29) is 17.9 Å². The van der Waals surface area contributed by atoms with Gasteiger partial charge in [0.25, 0.3) is 0 Å². The highest BCUT2D eigenvalue weighted by molar-refractivity contribution is 7.13. The van der Waals surface area contributed by atoms with Crippen LogP contribution in [0.3, 0.4) is 0 Å². The zero-order valence-corrected chi connectivity index (χ0v) is 17.7. The summed E-state index contributed by atoms with van der Waals surface area (Å²) in [6, 6.07) is 8.78. The summed E-state index contributed by atoms with van der Waals surface area (Å²) in [7, 11) is 0. The Labute approximate surface area is 167 Å². The third-order valence-corrected chi connectivity index (χ3v) is 6.50. The molecule has 1 unspecified atom stereocenters. The zero-order valence-electron chi connectivity index (χ0n) is 16.9. The molecular formula is C22H31N3OS. The van der Waals surface area contributed by atoms with Gasteiger partial charge in [-0.25, -0.2) is 4.98 Å². The van der Waals surface area contributed by atoms with Gasteiger partial charge in [-0.05, 0) is 45.7 Å². The summed E-state index contributed by atoms with van der Waals surface area (Å²) >= 11 is 1.71. The summed E-state index contributed by atoms with van der Waals surface area (Å²) in [4.78, 5) is 19.7. The molecule has 27 heavy (non-hydrogen) atoms. The number of benzene rings is 1. The van der Waals surface area contributed by atoms with Gasteiger partial charge >= 0.3 is 0 Å². The van der Waals surface area contributed by atoms with E-state index in [4.69, 9.17) is 4.98 Å². The van der Waals surface area contributed by atoms with Crippen molar-refractivity contribution in [2.45, 2.75) is 53.1 Å². The molecule has 3 rings (SSSR count). The molecule has 146 valence electrons. The van der Waals surface area contributed by atoms with Gasteiger partial charge in [-0.3, -0.25) is 9.69 Å². The summed E-state index contributed by atoms with van der Waals surface area (Å²) < 4.78 is 0. The van der Waals surface area contributed by atoms with Crippen LogP contribution in [0.15, 0.2) is 29.6 Å². The van der Waals surface area contributed by atoms with Crippen molar-refractivity contribution in [3.05, 3.63) is 40.9 Å². The fourth-order valence-electron chi connectivity index (χ4n) is 3.30. The van der Waals surface area contributed by atoms with Crippen molar-refractivity contribution in [3.8, 4) is 10.6 Å². The van der Waals surface area contributed by atoms with Gasteiger partial charge in [-0.2, -0.15) is 0 Å². The second kappa shape index (κ2) is 8.98. The number of aryl methyl sites for hydroxylation is 1. The van der Waals surface area contributed by atoms with Crippen molar-refractivity contribution >= 4 is 17.2 Å². The first-order valence-corrected chi connectivity index (χ1v) is 10.8. The number of carbonyl (C=O) groups is 1. The molecule has 1 N–H and O–H groups in total. The van der Waals surface area contributed by atoms with Gasteiger partial charge in [0.1, 0.15) is 5.01 Å². The van der Waals surface area contributed by atoms with Crippen molar-refractivity contribution in [1.82, 2.24) is 15.2 Å². The Morgan fingerprint density at radius 1 is 1.22 bits per heavy atom. The molecule has 1 aromatic carbocycles. The summed E-state index contributed by atoms with van der Waals surface area (Å²) in [6.45, 7) is 11.3. The van der Waals surface area contributed by atoms with Crippen LogP contribution in [0.1, 0.15) is 44.9 Å². The van der Waals surface area contributed by atoms with Crippen LogP contribution in [0.4, 0.5) is 0 Å². The number of hydrogen-bond acceptors (Lipinski definition) is 4. The molecule has 5 heteroatoms. The minimum absolute atomic E-state index is 0.154. The van der Waals surface area contributed by atoms with Crippen LogP contribution in [0.5, 0.6) is 0 Å². The predicted octanol–water partition coefficient (Wildman–Crippen LogP) is 4.49. The van der Waals surface area contributed by atoms with Crippen molar-refractivity contribution in [2.24, 2.45) is 11.8 Å². The fraction of sp³-hybridized carbons (Fsp3) is 0.545. The minimum atomic E-state index is 0.154. The molecule has 1 fully saturated rings. The van der Waals surface area contributed by atoms with Crippen molar-refractivity contribution < 1.29 is 4.79 Å². The van der Waals surface area contributed by atoms with Gasteiger partial charge in [-0.15, -0.1) is 11.3 Å². The first-order chi connectivity index (χ1) is 12.9. The third kappa shape index (κ3) is 5.39. The first kappa shape index (κ1) is 20.0. The van der Waals surface area contributed by atoms with Gasteiger partial charge in [0.15, 0.2) is 0 Å². The van der Waals surface area contributed by atoms with Gasteiger partial charge in [0, 0.05) is 29.4 Å². The van der Waals surface area contributed by atoms with Gasteiger partial charge < -0.3 is 5.32 Å². The Bertz CT molecular complexity index is 745. The Balaban J connectivity index is 1.49. The molecule has 0 spiro atoms. The normalized spacial score (nSPS) is 17.2. The second-order valence-electron chi connectivity index (χ2n) is 8.10. The number of thiazole rings is 1. The lowest BCUT2D eigenvalue weighted by Gasteiger charge is -2.31. The van der Waals surface area contributed by atoms with Crippen molar-refractivity contribution in [1.29, 1.82) is 0 Å². The van der Waals surface area contributed by atoms with Crippen molar-refractivity contribution in [2.75, 3.05) is 13.1 Å². The molecule has 1 saturated heterocycles. The number of likely N-dealkylation sites (tertiary alicyclic amines) is 1. The van der Waals surface area contributed by atoms with Crippen LogP contribution >= 0.6 is 11.3 Å². The highest BCUT2D eigenvalue weighted by Crippen LogP contribution is 2.26. The maximum Gasteiger partial charge on any atom is 0.223 e. The highest BCUT2D eigenvalue weighted by Gasteiger charge is 2.26. The maximum absolute atomic E-state index is 12.4. The molecule has 1 amide bonds. The molecule has 0 radical (unpaired) electrons. The lowest BCUT2D eigenvalue weighted by Crippen LogP contribution is -2.44. The van der Waals surface area contributed by atoms with E-state index in [1.54, 1.807) is 11.3 Å². The number of piperidine rings is 1. The molecule has 1 aliphatic rings. The smallest absolute Gasteiger partial charge is 0.223 e. The third-order valence-electron chi connectivity index (χ3n) is 5.56. The number of nitrogens with one attached hydrogen (secondary N) is 1. The molecule has 2 aromatic rings. The molecule has 1 atom stereocenters. The first-order valence-electron chi connectivity index (χ1n) is 9.96. The largest absolute Gasteiger partial charge is 0.353 e. The molecule has 2 heterocycles. The Morgan fingerprint density at radius 2 is 1.89 bits per heavy atom. The van der Waals surface area contributed by atoms with Crippen LogP contribution in [-0.4, -0.2) is 34.9 Å². The lowest BCUT2D eigenvalue weighted by molar-refractivity contribution is -0.127. The molecule has 1 aliphatic heterocycles. The molecule has 0 saturated carbocycles. The number of carbonyl (C=O) groups excluding carboxylic acids is 1. The van der Waals surface area contributed by atoms with Crippen LogP contribution in [-0.2, 0) is 11.3 Å². The average molecular weight is 386 g/mol. The van der Waals surface area contributed by atoms with E-state index in [0.29, 0.717) is 5.92 Å². The van der Waals surface area contributed by atoms with Crippen LogP contribution in [0.2, 0.25) is 0 Å². The molecule has 0 bridgehead atoms. The lowest BCUT2D eigenvalue weighted by atomic mass is 9.94. The summed E-state index contributed by atoms with van der Waals surface area (Å²) in [6.07, 6.45) is 1.87. The van der Waals surface area contributed by atoms with Gasteiger partial charge in [0.2, 0.25) is 5.91 Å². The number of aromatic nitrogens is 1. The van der Waals surface area contributed by atoms with E-state index < -0.39 is 0 Å². The molecule has 4 nitrogen and oxygen atoms in total. The van der Waals surface area contributed by atoms with Crippen LogP contribution < -0.4 is 5.32 Å². The quantitative estimate of drug-likeness (QED) is 0.797. The van der Waals surface area contributed by atoms with Crippen molar-refractivity contribution in [3.63, 3.8) is 0 Å². The minimum Gasteiger partial charge on any atom is -0.353 e. The van der Waals surface area contributed by atoms with E-state index in [1.807, 2.05) is 0 Å².